The maximum Gasteiger partial charge on any atom is 0.410 e. The van der Waals surface area contributed by atoms with E-state index in [4.69, 9.17) is 25.4 Å². The molecule has 1 amide bonds. The Morgan fingerprint density at radius 3 is 2.27 bits per heavy atom. The summed E-state index contributed by atoms with van der Waals surface area (Å²) in [6, 6.07) is -0.647. The van der Waals surface area contributed by atoms with E-state index in [0.29, 0.717) is 45.8 Å². The van der Waals surface area contributed by atoms with Crippen LogP contribution in [-0.4, -0.2) is 152 Å². The second-order valence-corrected chi connectivity index (χ2v) is 9.63. The summed E-state index contributed by atoms with van der Waals surface area (Å²) in [6.45, 7) is 12.7. The van der Waals surface area contributed by atoms with Crippen molar-refractivity contribution in [1.29, 1.82) is 5.41 Å². The van der Waals surface area contributed by atoms with Crippen LogP contribution in [0.5, 0.6) is 0 Å². The number of piperazine rings is 2. The van der Waals surface area contributed by atoms with E-state index in [1.54, 1.807) is 18.7 Å². The second-order valence-electron chi connectivity index (χ2n) is 9.63. The molecule has 3 aliphatic rings. The molecule has 0 aromatic carbocycles. The van der Waals surface area contributed by atoms with Gasteiger partial charge in [0, 0.05) is 65.4 Å². The number of hydrogen-bond donors (Lipinski definition) is 2. The Morgan fingerprint density at radius 2 is 1.65 bits per heavy atom. The Morgan fingerprint density at radius 1 is 1.00 bits per heavy atom. The number of rotatable bonds is 12. The Hall–Kier alpha value is -2.64. The van der Waals surface area contributed by atoms with Gasteiger partial charge < -0.3 is 29.7 Å². The molecule has 13 heteroatoms. The normalized spacial score (nSPS) is 22.5. The van der Waals surface area contributed by atoms with Gasteiger partial charge in [0.1, 0.15) is 12.1 Å². The fraction of sp³-hybridized carbons (Fsp3) is 0.833. The van der Waals surface area contributed by atoms with Crippen LogP contribution in [0.3, 0.4) is 0 Å². The molecule has 3 saturated heterocycles. The molecular formula is C24H43N7O6. The molecule has 13 nitrogen and oxygen atoms in total. The van der Waals surface area contributed by atoms with Gasteiger partial charge >= 0.3 is 18.0 Å². The first-order valence-corrected chi connectivity index (χ1v) is 13.4. The highest BCUT2D eigenvalue weighted by atomic mass is 16.6. The Bertz CT molecular complexity index is 784. The third-order valence-corrected chi connectivity index (χ3v) is 7.10. The van der Waals surface area contributed by atoms with Gasteiger partial charge in [-0.15, -0.1) is 0 Å². The zero-order valence-electron chi connectivity index (χ0n) is 22.2. The van der Waals surface area contributed by atoms with Crippen LogP contribution in [-0.2, 0) is 23.8 Å². The van der Waals surface area contributed by atoms with Gasteiger partial charge in [-0.2, -0.15) is 0 Å². The number of carbonyl (C=O) groups excluding carboxylic acids is 3. The average Bonchev–Trinajstić information content (AvgIpc) is 3.22. The predicted molar refractivity (Wildman–Crippen MR) is 136 cm³/mol. The highest BCUT2D eigenvalue weighted by Crippen LogP contribution is 2.17. The van der Waals surface area contributed by atoms with Gasteiger partial charge in [-0.1, -0.05) is 0 Å². The van der Waals surface area contributed by atoms with Gasteiger partial charge in [-0.3, -0.25) is 29.7 Å². The van der Waals surface area contributed by atoms with E-state index in [0.717, 1.165) is 39.1 Å². The standard InChI is InChI=1S/C24H43N7O6/c1-3-35-21(32)16-20(22(33)36-4-2)29-12-10-28(11-13-29)17-19-18-31(24(34)37-19)7-5-6-27-8-14-30(15-9-27)23(25)26/h19-20H,3-18H2,1-2H3,(H3,25,26). The van der Waals surface area contributed by atoms with E-state index >= 15 is 0 Å². The van der Waals surface area contributed by atoms with Gasteiger partial charge in [0.05, 0.1) is 26.2 Å². The van der Waals surface area contributed by atoms with Crippen LogP contribution in [0.2, 0.25) is 0 Å². The number of guanidine groups is 1. The van der Waals surface area contributed by atoms with Crippen LogP contribution in [0.15, 0.2) is 0 Å². The zero-order chi connectivity index (χ0) is 26.8. The summed E-state index contributed by atoms with van der Waals surface area (Å²) >= 11 is 0. The molecule has 210 valence electrons. The zero-order valence-corrected chi connectivity index (χ0v) is 22.2. The molecule has 3 aliphatic heterocycles. The number of ether oxygens (including phenoxy) is 3. The Labute approximate surface area is 219 Å². The molecule has 0 spiro atoms. The molecule has 0 saturated carbocycles. The Kier molecular flexibility index (Phi) is 11.2. The lowest BCUT2D eigenvalue weighted by Gasteiger charge is -2.38. The van der Waals surface area contributed by atoms with E-state index in [2.05, 4.69) is 9.80 Å². The van der Waals surface area contributed by atoms with Crippen molar-refractivity contribution in [2.75, 3.05) is 91.8 Å². The number of amides is 1. The van der Waals surface area contributed by atoms with Crippen molar-refractivity contribution in [3.8, 4) is 0 Å². The summed E-state index contributed by atoms with van der Waals surface area (Å²) < 4.78 is 15.9. The number of carbonyl (C=O) groups is 3. The fourth-order valence-corrected chi connectivity index (χ4v) is 5.07. The van der Waals surface area contributed by atoms with Crippen molar-refractivity contribution >= 4 is 24.0 Å². The molecule has 0 bridgehead atoms. The monoisotopic (exact) mass is 525 g/mol. The molecule has 3 heterocycles. The lowest BCUT2D eigenvalue weighted by atomic mass is 10.1. The number of nitrogens with two attached hydrogens (primary N) is 1. The quantitative estimate of drug-likeness (QED) is 0.143. The minimum absolute atomic E-state index is 0.0196. The van der Waals surface area contributed by atoms with Crippen LogP contribution < -0.4 is 5.73 Å². The number of esters is 2. The first-order valence-electron chi connectivity index (χ1n) is 13.4. The van der Waals surface area contributed by atoms with Gasteiger partial charge in [0.25, 0.3) is 0 Å². The first-order chi connectivity index (χ1) is 17.8. The lowest BCUT2D eigenvalue weighted by molar-refractivity contribution is -0.157. The van der Waals surface area contributed by atoms with Crippen molar-refractivity contribution in [2.24, 2.45) is 5.73 Å². The van der Waals surface area contributed by atoms with Crippen molar-refractivity contribution < 1.29 is 28.6 Å². The van der Waals surface area contributed by atoms with Crippen molar-refractivity contribution in [2.45, 2.75) is 38.8 Å². The van der Waals surface area contributed by atoms with Gasteiger partial charge in [-0.25, -0.2) is 4.79 Å². The largest absolute Gasteiger partial charge is 0.466 e. The predicted octanol–water partition coefficient (Wildman–Crippen LogP) is -0.789. The number of nitrogens with zero attached hydrogens (tertiary/aromatic N) is 5. The summed E-state index contributed by atoms with van der Waals surface area (Å²) in [7, 11) is 0. The van der Waals surface area contributed by atoms with E-state index in [-0.39, 0.29) is 37.8 Å². The average molecular weight is 526 g/mol. The second kappa shape index (κ2) is 14.3. The molecule has 2 unspecified atom stereocenters. The topological polar surface area (TPSA) is 145 Å². The minimum Gasteiger partial charge on any atom is -0.466 e. The summed E-state index contributed by atoms with van der Waals surface area (Å²) in [5.41, 5.74) is 5.55. The summed E-state index contributed by atoms with van der Waals surface area (Å²) in [5.74, 6) is -0.674. The van der Waals surface area contributed by atoms with E-state index < -0.39 is 18.0 Å². The van der Waals surface area contributed by atoms with Crippen molar-refractivity contribution in [3.63, 3.8) is 0 Å². The van der Waals surface area contributed by atoms with Crippen LogP contribution in [0, 0.1) is 5.41 Å². The van der Waals surface area contributed by atoms with Crippen LogP contribution in [0.25, 0.3) is 0 Å². The molecule has 0 aliphatic carbocycles. The lowest BCUT2D eigenvalue weighted by Crippen LogP contribution is -2.54. The van der Waals surface area contributed by atoms with Crippen LogP contribution in [0.4, 0.5) is 4.79 Å². The van der Waals surface area contributed by atoms with Gasteiger partial charge in [-0.05, 0) is 26.8 Å². The van der Waals surface area contributed by atoms with Crippen LogP contribution in [0.1, 0.15) is 26.7 Å². The molecule has 2 atom stereocenters. The molecule has 0 radical (unpaired) electrons. The first kappa shape index (κ1) is 28.9. The third kappa shape index (κ3) is 8.71. The van der Waals surface area contributed by atoms with E-state index in [1.165, 1.54) is 0 Å². The molecule has 37 heavy (non-hydrogen) atoms. The van der Waals surface area contributed by atoms with E-state index in [1.807, 2.05) is 9.80 Å². The van der Waals surface area contributed by atoms with Crippen molar-refractivity contribution in [3.05, 3.63) is 0 Å². The fourth-order valence-electron chi connectivity index (χ4n) is 5.07. The molecule has 3 N–H and O–H groups in total. The smallest absolute Gasteiger partial charge is 0.410 e. The number of hydrogen-bond acceptors (Lipinski definition) is 10. The highest BCUT2D eigenvalue weighted by Gasteiger charge is 2.36. The molecular weight excluding hydrogens is 482 g/mol. The summed E-state index contributed by atoms with van der Waals surface area (Å²) in [4.78, 5) is 47.1. The third-order valence-electron chi connectivity index (χ3n) is 7.10. The summed E-state index contributed by atoms with van der Waals surface area (Å²) in [5, 5.41) is 7.52. The van der Waals surface area contributed by atoms with Gasteiger partial charge in [0.2, 0.25) is 0 Å². The molecule has 3 fully saturated rings. The maximum absolute atomic E-state index is 12.5. The summed E-state index contributed by atoms with van der Waals surface area (Å²) in [6.07, 6.45) is 0.408. The SMILES string of the molecule is CCOC(=O)CC(C(=O)OCC)N1CCN(CC2CN(CCCN3CCN(C(=N)N)CC3)C(=O)O2)CC1. The van der Waals surface area contributed by atoms with E-state index in [9.17, 15) is 14.4 Å². The minimum atomic E-state index is -0.647. The molecule has 0 aromatic heterocycles. The highest BCUT2D eigenvalue weighted by molar-refractivity contribution is 5.82. The Balaban J connectivity index is 1.37. The molecule has 0 aromatic rings. The van der Waals surface area contributed by atoms with Crippen LogP contribution >= 0.6 is 0 Å². The maximum atomic E-state index is 12.5. The number of cyclic esters (lactones) is 1. The number of nitrogens with one attached hydrogen (secondary N) is 1. The van der Waals surface area contributed by atoms with Gasteiger partial charge in [0.15, 0.2) is 5.96 Å². The van der Waals surface area contributed by atoms with Crippen molar-refractivity contribution in [1.82, 2.24) is 24.5 Å². The molecule has 3 rings (SSSR count).